The van der Waals surface area contributed by atoms with Crippen LogP contribution < -0.4 is 0 Å². The van der Waals surface area contributed by atoms with Crippen LogP contribution in [-0.4, -0.2) is 27.7 Å². The van der Waals surface area contributed by atoms with Gasteiger partial charge in [0.25, 0.3) is 0 Å². The molecule has 0 aliphatic carbocycles. The molecule has 0 atom stereocenters. The Bertz CT molecular complexity index is 494. The Labute approximate surface area is 87.8 Å². The third-order valence-corrected chi connectivity index (χ3v) is 2.44. The van der Waals surface area contributed by atoms with Crippen LogP contribution in [0.4, 0.5) is 0 Å². The van der Waals surface area contributed by atoms with Crippen LogP contribution in [0.1, 0.15) is 10.5 Å². The van der Waals surface area contributed by atoms with Gasteiger partial charge >= 0.3 is 5.97 Å². The van der Waals surface area contributed by atoms with E-state index in [0.717, 1.165) is 0 Å². The molecular formula is C8H6BrN3O2. The van der Waals surface area contributed by atoms with Gasteiger partial charge in [-0.3, -0.25) is 4.40 Å². The minimum Gasteiger partial charge on any atom is -0.464 e. The monoisotopic (exact) mass is 255 g/mol. The largest absolute Gasteiger partial charge is 0.464 e. The number of ether oxygens (including phenoxy) is 1. The molecule has 2 heterocycles. The number of carbonyl (C=O) groups excluding carboxylic acids is 1. The Morgan fingerprint density at radius 2 is 2.36 bits per heavy atom. The maximum Gasteiger partial charge on any atom is 0.356 e. The van der Waals surface area contributed by atoms with Crippen molar-refractivity contribution in [1.82, 2.24) is 14.6 Å². The Morgan fingerprint density at radius 3 is 3.07 bits per heavy atom. The van der Waals surface area contributed by atoms with E-state index in [1.807, 2.05) is 0 Å². The molecule has 14 heavy (non-hydrogen) atoms. The number of rotatable bonds is 1. The van der Waals surface area contributed by atoms with Crippen molar-refractivity contribution in [2.24, 2.45) is 0 Å². The van der Waals surface area contributed by atoms with E-state index in [1.165, 1.54) is 13.4 Å². The lowest BCUT2D eigenvalue weighted by atomic mass is 10.3. The molecule has 0 saturated heterocycles. The van der Waals surface area contributed by atoms with E-state index in [-0.39, 0.29) is 0 Å². The van der Waals surface area contributed by atoms with E-state index in [0.29, 0.717) is 15.8 Å². The van der Waals surface area contributed by atoms with E-state index in [9.17, 15) is 4.79 Å². The van der Waals surface area contributed by atoms with Crippen LogP contribution in [-0.2, 0) is 4.74 Å². The fourth-order valence-electron chi connectivity index (χ4n) is 1.16. The second kappa shape index (κ2) is 3.38. The van der Waals surface area contributed by atoms with Crippen LogP contribution in [0.15, 0.2) is 22.9 Å². The molecule has 0 fully saturated rings. The van der Waals surface area contributed by atoms with E-state index in [4.69, 9.17) is 0 Å². The molecule has 0 radical (unpaired) electrons. The highest BCUT2D eigenvalue weighted by atomic mass is 79.9. The van der Waals surface area contributed by atoms with Crippen molar-refractivity contribution in [2.75, 3.05) is 7.11 Å². The average Bonchev–Trinajstić information content (AvgIpc) is 2.64. The molecule has 0 unspecified atom stereocenters. The molecule has 72 valence electrons. The minimum atomic E-state index is -0.428. The highest BCUT2D eigenvalue weighted by Crippen LogP contribution is 2.18. The maximum atomic E-state index is 11.4. The van der Waals surface area contributed by atoms with Gasteiger partial charge in [0.2, 0.25) is 0 Å². The second-order valence-electron chi connectivity index (χ2n) is 2.58. The summed E-state index contributed by atoms with van der Waals surface area (Å²) in [6, 6.07) is 3.49. The number of methoxy groups -OCH3 is 1. The molecule has 2 aromatic rings. The molecule has 0 aromatic carbocycles. The van der Waals surface area contributed by atoms with Crippen molar-refractivity contribution in [2.45, 2.75) is 0 Å². The Hall–Kier alpha value is -1.43. The fourth-order valence-corrected chi connectivity index (χ4v) is 1.65. The summed E-state index contributed by atoms with van der Waals surface area (Å²) in [5.74, 6) is -0.428. The first-order valence-corrected chi connectivity index (χ1v) is 4.60. The summed E-state index contributed by atoms with van der Waals surface area (Å²) in [4.78, 5) is 11.4. The summed E-state index contributed by atoms with van der Waals surface area (Å²) in [5.41, 5.74) is 0.989. The smallest absolute Gasteiger partial charge is 0.356 e. The summed E-state index contributed by atoms with van der Waals surface area (Å²) in [7, 11) is 1.33. The zero-order valence-electron chi connectivity index (χ0n) is 7.27. The number of hydrogen-bond donors (Lipinski definition) is 0. The number of fused-ring (bicyclic) bond motifs is 1. The summed E-state index contributed by atoms with van der Waals surface area (Å²) in [6.45, 7) is 0. The van der Waals surface area contributed by atoms with Crippen molar-refractivity contribution in [1.29, 1.82) is 0 Å². The first-order chi connectivity index (χ1) is 6.74. The number of hydrogen-bond acceptors (Lipinski definition) is 4. The topological polar surface area (TPSA) is 56.5 Å². The number of nitrogens with zero attached hydrogens (tertiary/aromatic N) is 3. The molecule has 6 heteroatoms. The van der Waals surface area contributed by atoms with Gasteiger partial charge < -0.3 is 4.74 Å². The van der Waals surface area contributed by atoms with Crippen LogP contribution in [0.25, 0.3) is 5.65 Å². The van der Waals surface area contributed by atoms with E-state index in [1.54, 1.807) is 16.5 Å². The van der Waals surface area contributed by atoms with Crippen molar-refractivity contribution >= 4 is 27.5 Å². The van der Waals surface area contributed by atoms with Gasteiger partial charge in [0.1, 0.15) is 12.0 Å². The third-order valence-electron chi connectivity index (χ3n) is 1.80. The molecular weight excluding hydrogens is 250 g/mol. The van der Waals surface area contributed by atoms with Crippen LogP contribution >= 0.6 is 15.9 Å². The van der Waals surface area contributed by atoms with Gasteiger partial charge in [-0.2, -0.15) is 0 Å². The molecule has 0 aliphatic rings. The van der Waals surface area contributed by atoms with Gasteiger partial charge in [-0.15, -0.1) is 10.2 Å². The van der Waals surface area contributed by atoms with Crippen molar-refractivity contribution in [3.8, 4) is 0 Å². The summed E-state index contributed by atoms with van der Waals surface area (Å²) in [6.07, 6.45) is 1.46. The first kappa shape index (κ1) is 9.14. The zero-order chi connectivity index (χ0) is 10.1. The van der Waals surface area contributed by atoms with E-state index in [2.05, 4.69) is 30.9 Å². The number of halogens is 1. The molecule has 0 amide bonds. The molecule has 5 nitrogen and oxygen atoms in total. The number of carbonyl (C=O) groups is 1. The molecule has 2 aromatic heterocycles. The van der Waals surface area contributed by atoms with Gasteiger partial charge in [0.15, 0.2) is 5.65 Å². The highest BCUT2D eigenvalue weighted by Gasteiger charge is 2.14. The molecule has 2 rings (SSSR count). The first-order valence-electron chi connectivity index (χ1n) is 3.80. The van der Waals surface area contributed by atoms with Gasteiger partial charge in [0.05, 0.1) is 7.11 Å². The van der Waals surface area contributed by atoms with Crippen LogP contribution in [0.5, 0.6) is 0 Å². The molecule has 0 bridgehead atoms. The predicted molar refractivity (Wildman–Crippen MR) is 52.0 cm³/mol. The molecule has 0 spiro atoms. The van der Waals surface area contributed by atoms with Gasteiger partial charge in [-0.05, 0) is 28.1 Å². The van der Waals surface area contributed by atoms with Crippen LogP contribution in [0.2, 0.25) is 0 Å². The van der Waals surface area contributed by atoms with Gasteiger partial charge in [-0.1, -0.05) is 0 Å². The predicted octanol–water partition coefficient (Wildman–Crippen LogP) is 1.28. The quantitative estimate of drug-likeness (QED) is 0.721. The lowest BCUT2D eigenvalue weighted by molar-refractivity contribution is 0.0591. The fraction of sp³-hybridized carbons (Fsp3) is 0.125. The Kier molecular flexibility index (Phi) is 2.20. The SMILES string of the molecule is COC(=O)c1c(Br)ccc2nncn12. The van der Waals surface area contributed by atoms with Gasteiger partial charge in [0, 0.05) is 4.47 Å². The van der Waals surface area contributed by atoms with Crippen molar-refractivity contribution < 1.29 is 9.53 Å². The zero-order valence-corrected chi connectivity index (χ0v) is 8.85. The summed E-state index contributed by atoms with van der Waals surface area (Å²) in [5, 5.41) is 7.53. The second-order valence-corrected chi connectivity index (χ2v) is 3.43. The van der Waals surface area contributed by atoms with Crippen molar-refractivity contribution in [3.63, 3.8) is 0 Å². The minimum absolute atomic E-state index is 0.384. The van der Waals surface area contributed by atoms with Crippen molar-refractivity contribution in [3.05, 3.63) is 28.6 Å². The molecule has 0 N–H and O–H groups in total. The van der Waals surface area contributed by atoms with Crippen LogP contribution in [0.3, 0.4) is 0 Å². The number of pyridine rings is 1. The normalized spacial score (nSPS) is 10.4. The Morgan fingerprint density at radius 1 is 1.57 bits per heavy atom. The maximum absolute atomic E-state index is 11.4. The summed E-state index contributed by atoms with van der Waals surface area (Å²) < 4.78 is 6.86. The number of aromatic nitrogens is 3. The molecule has 0 aliphatic heterocycles. The van der Waals surface area contributed by atoms with Crippen LogP contribution in [0, 0.1) is 0 Å². The standard InChI is InChI=1S/C8H6BrN3O2/c1-14-8(13)7-5(9)2-3-6-11-10-4-12(6)7/h2-4H,1H3. The lowest BCUT2D eigenvalue weighted by Crippen LogP contribution is -2.08. The van der Waals surface area contributed by atoms with E-state index < -0.39 is 5.97 Å². The summed E-state index contributed by atoms with van der Waals surface area (Å²) >= 11 is 3.27. The highest BCUT2D eigenvalue weighted by molar-refractivity contribution is 9.10. The lowest BCUT2D eigenvalue weighted by Gasteiger charge is -2.04. The number of esters is 1. The molecule has 0 saturated carbocycles. The van der Waals surface area contributed by atoms with E-state index >= 15 is 0 Å². The third kappa shape index (κ3) is 1.27. The van der Waals surface area contributed by atoms with Gasteiger partial charge in [-0.25, -0.2) is 4.79 Å². The average molecular weight is 256 g/mol. The Balaban J connectivity index is 2.76.